The van der Waals surface area contributed by atoms with Crippen LogP contribution in [0.4, 0.5) is 5.69 Å². The van der Waals surface area contributed by atoms with Crippen LogP contribution in [0.25, 0.3) is 0 Å². The summed E-state index contributed by atoms with van der Waals surface area (Å²) in [6.07, 6.45) is 9.88. The van der Waals surface area contributed by atoms with Crippen LogP contribution in [0.1, 0.15) is 20.7 Å². The minimum Gasteiger partial charge on any atom is -0.449 e. The van der Waals surface area contributed by atoms with Crippen LogP contribution in [0.2, 0.25) is 0 Å². The van der Waals surface area contributed by atoms with Crippen LogP contribution in [-0.2, 0) is 9.47 Å². The van der Waals surface area contributed by atoms with Gasteiger partial charge in [-0.05, 0) is 6.07 Å². The van der Waals surface area contributed by atoms with Crippen molar-refractivity contribution in [3.8, 4) is 24.7 Å². The lowest BCUT2D eigenvalue weighted by Gasteiger charge is -2.05. The predicted octanol–water partition coefficient (Wildman–Crippen LogP) is 1.17. The number of non-ortho nitro benzene ring substituents is 1. The number of nitro benzene ring substituents is 1. The molecule has 0 heterocycles. The maximum absolute atomic E-state index is 11.6. The molecule has 0 aliphatic heterocycles. The Morgan fingerprint density at radius 1 is 1.05 bits per heavy atom. The van der Waals surface area contributed by atoms with Crippen LogP contribution in [0.3, 0.4) is 0 Å². The normalized spacial score (nSPS) is 9.05. The summed E-state index contributed by atoms with van der Waals surface area (Å²) in [4.78, 5) is 33.3. The highest BCUT2D eigenvalue weighted by atomic mass is 16.6. The molecule has 1 aromatic carbocycles. The number of hydrogen-bond donors (Lipinski definition) is 0. The van der Waals surface area contributed by atoms with Gasteiger partial charge in [-0.25, -0.2) is 9.59 Å². The van der Waals surface area contributed by atoms with Gasteiger partial charge >= 0.3 is 11.9 Å². The van der Waals surface area contributed by atoms with E-state index in [4.69, 9.17) is 12.8 Å². The fourth-order valence-corrected chi connectivity index (χ4v) is 1.33. The van der Waals surface area contributed by atoms with Crippen molar-refractivity contribution < 1.29 is 24.0 Å². The molecule has 1 aromatic rings. The fourth-order valence-electron chi connectivity index (χ4n) is 1.33. The highest BCUT2D eigenvalue weighted by molar-refractivity contribution is 5.96. The van der Waals surface area contributed by atoms with Crippen LogP contribution >= 0.6 is 0 Å². The number of terminal acetylenes is 2. The van der Waals surface area contributed by atoms with E-state index in [0.29, 0.717) is 0 Å². The van der Waals surface area contributed by atoms with E-state index in [-0.39, 0.29) is 24.3 Å². The lowest BCUT2D eigenvalue weighted by molar-refractivity contribution is -0.384. The van der Waals surface area contributed by atoms with Gasteiger partial charge in [-0.1, -0.05) is 11.8 Å². The van der Waals surface area contributed by atoms with Crippen LogP contribution < -0.4 is 0 Å². The van der Waals surface area contributed by atoms with E-state index in [9.17, 15) is 19.7 Å². The van der Waals surface area contributed by atoms with E-state index in [0.717, 1.165) is 18.2 Å². The average molecular weight is 287 g/mol. The molecule has 0 amide bonds. The Morgan fingerprint density at radius 3 is 1.81 bits per heavy atom. The van der Waals surface area contributed by atoms with Gasteiger partial charge in [-0.15, -0.1) is 12.8 Å². The Morgan fingerprint density at radius 2 is 1.48 bits per heavy atom. The van der Waals surface area contributed by atoms with Gasteiger partial charge in [0.1, 0.15) is 0 Å². The molecule has 0 spiro atoms. The first-order valence-electron chi connectivity index (χ1n) is 5.50. The van der Waals surface area contributed by atoms with E-state index in [2.05, 4.69) is 21.3 Å². The summed E-state index contributed by atoms with van der Waals surface area (Å²) >= 11 is 0. The second kappa shape index (κ2) is 7.31. The Kier molecular flexibility index (Phi) is 5.48. The Bertz CT molecular complexity index is 617. The zero-order valence-corrected chi connectivity index (χ0v) is 10.7. The molecule has 0 N–H and O–H groups in total. The number of carbonyl (C=O) groups excluding carboxylic acids is 2. The van der Waals surface area contributed by atoms with Crippen LogP contribution in [0.5, 0.6) is 0 Å². The van der Waals surface area contributed by atoms with E-state index in [1.165, 1.54) is 0 Å². The summed E-state index contributed by atoms with van der Waals surface area (Å²) < 4.78 is 9.29. The smallest absolute Gasteiger partial charge is 0.339 e. The molecule has 7 nitrogen and oxygen atoms in total. The molecule has 0 saturated heterocycles. The van der Waals surface area contributed by atoms with Crippen molar-refractivity contribution in [2.45, 2.75) is 0 Å². The summed E-state index contributed by atoms with van der Waals surface area (Å²) in [5.41, 5.74) is -0.836. The molecule has 0 radical (unpaired) electrons. The van der Waals surface area contributed by atoms with Gasteiger partial charge in [0, 0.05) is 12.1 Å². The molecule has 0 unspecified atom stereocenters. The lowest BCUT2D eigenvalue weighted by atomic mass is 10.1. The van der Waals surface area contributed by atoms with E-state index in [1.807, 2.05) is 0 Å². The molecule has 21 heavy (non-hydrogen) atoms. The highest BCUT2D eigenvalue weighted by Crippen LogP contribution is 2.19. The molecular formula is C14H9NO6. The number of rotatable bonds is 5. The molecule has 7 heteroatoms. The second-order valence-corrected chi connectivity index (χ2v) is 3.59. The van der Waals surface area contributed by atoms with Gasteiger partial charge in [0.15, 0.2) is 13.2 Å². The summed E-state index contributed by atoms with van der Waals surface area (Å²) in [5, 5.41) is 10.8. The average Bonchev–Trinajstić information content (AvgIpc) is 2.49. The largest absolute Gasteiger partial charge is 0.449 e. The van der Waals surface area contributed by atoms with Gasteiger partial charge in [-0.2, -0.15) is 0 Å². The molecule has 0 aliphatic carbocycles. The van der Waals surface area contributed by atoms with Crippen molar-refractivity contribution in [1.82, 2.24) is 0 Å². The summed E-state index contributed by atoms with van der Waals surface area (Å²) in [6, 6.07) is 3.04. The van der Waals surface area contributed by atoms with Crippen LogP contribution in [0, 0.1) is 34.8 Å². The van der Waals surface area contributed by atoms with Crippen LogP contribution in [-0.4, -0.2) is 30.1 Å². The SMILES string of the molecule is C#CCOC(=O)c1cc(C(=O)OCC#C)cc([N+](=O)[O-])c1. The van der Waals surface area contributed by atoms with Gasteiger partial charge in [-0.3, -0.25) is 10.1 Å². The minimum atomic E-state index is -0.886. The standard InChI is InChI=1S/C14H9NO6/c1-3-5-20-13(16)10-7-11(14(17)21-6-4-2)9-12(8-10)15(18)19/h1-2,7-9H,5-6H2. The van der Waals surface area contributed by atoms with Gasteiger partial charge in [0.05, 0.1) is 16.1 Å². The van der Waals surface area contributed by atoms with Crippen molar-refractivity contribution in [1.29, 1.82) is 0 Å². The number of hydrogen-bond acceptors (Lipinski definition) is 6. The number of ether oxygens (including phenoxy) is 2. The number of benzene rings is 1. The zero-order chi connectivity index (χ0) is 15.8. The minimum absolute atomic E-state index is 0.188. The number of esters is 2. The summed E-state index contributed by atoms with van der Waals surface area (Å²) in [5.74, 6) is 2.39. The predicted molar refractivity (Wildman–Crippen MR) is 71.3 cm³/mol. The van der Waals surface area contributed by atoms with E-state index >= 15 is 0 Å². The quantitative estimate of drug-likeness (QED) is 0.349. The molecule has 0 fully saturated rings. The highest BCUT2D eigenvalue weighted by Gasteiger charge is 2.19. The van der Waals surface area contributed by atoms with Gasteiger partial charge in [0.25, 0.3) is 5.69 Å². The van der Waals surface area contributed by atoms with Crippen molar-refractivity contribution in [2.24, 2.45) is 0 Å². The van der Waals surface area contributed by atoms with Crippen LogP contribution in [0.15, 0.2) is 18.2 Å². The van der Waals surface area contributed by atoms with Gasteiger partial charge in [0.2, 0.25) is 0 Å². The molecule has 1 rings (SSSR count). The molecule has 106 valence electrons. The van der Waals surface area contributed by atoms with Crippen molar-refractivity contribution in [3.05, 3.63) is 39.4 Å². The molecule has 0 atom stereocenters. The number of nitro groups is 1. The molecule has 0 aliphatic rings. The number of carbonyl (C=O) groups is 2. The lowest BCUT2D eigenvalue weighted by Crippen LogP contribution is -2.10. The van der Waals surface area contributed by atoms with Gasteiger partial charge < -0.3 is 9.47 Å². The Balaban J connectivity index is 3.15. The molecular weight excluding hydrogens is 278 g/mol. The molecule has 0 aromatic heterocycles. The Labute approximate surface area is 120 Å². The molecule has 0 bridgehead atoms. The van der Waals surface area contributed by atoms with Crippen molar-refractivity contribution in [2.75, 3.05) is 13.2 Å². The first-order chi connectivity index (χ1) is 9.99. The maximum atomic E-state index is 11.6. The third-order valence-corrected chi connectivity index (χ3v) is 2.17. The Hall–Kier alpha value is -3.32. The topological polar surface area (TPSA) is 95.7 Å². The fraction of sp³-hybridized carbons (Fsp3) is 0.143. The first-order valence-corrected chi connectivity index (χ1v) is 5.50. The van der Waals surface area contributed by atoms with Crippen molar-refractivity contribution >= 4 is 17.6 Å². The maximum Gasteiger partial charge on any atom is 0.339 e. The second-order valence-electron chi connectivity index (χ2n) is 3.59. The molecule has 0 saturated carbocycles. The first kappa shape index (κ1) is 15.7. The third-order valence-electron chi connectivity index (χ3n) is 2.17. The summed E-state index contributed by atoms with van der Waals surface area (Å²) in [7, 11) is 0. The third kappa shape index (κ3) is 4.37. The monoisotopic (exact) mass is 287 g/mol. The number of nitrogens with zero attached hydrogens (tertiary/aromatic N) is 1. The van der Waals surface area contributed by atoms with Crippen molar-refractivity contribution in [3.63, 3.8) is 0 Å². The van der Waals surface area contributed by atoms with E-state index < -0.39 is 22.5 Å². The van der Waals surface area contributed by atoms with E-state index in [1.54, 1.807) is 0 Å². The zero-order valence-electron chi connectivity index (χ0n) is 10.7. The summed E-state index contributed by atoms with van der Waals surface area (Å²) in [6.45, 7) is -0.587.